The van der Waals surface area contributed by atoms with Gasteiger partial charge in [-0.15, -0.1) is 0 Å². The largest absolute Gasteiger partial charge is 0.368 e. The summed E-state index contributed by atoms with van der Waals surface area (Å²) >= 11 is 0. The molecule has 3 heterocycles. The molecule has 2 aromatic heterocycles. The van der Waals surface area contributed by atoms with E-state index < -0.39 is 0 Å². The molecule has 1 fully saturated rings. The minimum absolute atomic E-state index is 0.0749. The minimum Gasteiger partial charge on any atom is -0.368 e. The molecule has 1 N–H and O–H groups in total. The highest BCUT2D eigenvalue weighted by Crippen LogP contribution is 2.26. The molecule has 0 spiro atoms. The van der Waals surface area contributed by atoms with Gasteiger partial charge >= 0.3 is 0 Å². The molecular weight excluding hydrogens is 340 g/mol. The maximum Gasteiger partial charge on any atom is 0.266 e. The van der Waals surface area contributed by atoms with Crippen LogP contribution in [-0.4, -0.2) is 38.9 Å². The van der Waals surface area contributed by atoms with E-state index in [1.807, 2.05) is 6.07 Å². The van der Waals surface area contributed by atoms with Crippen LogP contribution in [0.4, 0.5) is 11.6 Å². The van der Waals surface area contributed by atoms with E-state index in [1.54, 1.807) is 19.4 Å². The molecule has 7 nitrogen and oxygen atoms in total. The molecule has 0 radical (unpaired) electrons. The third-order valence-electron chi connectivity index (χ3n) is 5.75. The Bertz CT molecular complexity index is 849. The lowest BCUT2D eigenvalue weighted by atomic mass is 10.0. The topological polar surface area (TPSA) is 75.9 Å². The van der Waals surface area contributed by atoms with Gasteiger partial charge in [-0.25, -0.2) is 14.6 Å². The number of anilines is 2. The summed E-state index contributed by atoms with van der Waals surface area (Å²) in [7, 11) is 1.71. The molecule has 27 heavy (non-hydrogen) atoms. The summed E-state index contributed by atoms with van der Waals surface area (Å²) in [5.41, 5.74) is 2.44. The smallest absolute Gasteiger partial charge is 0.266 e. The Hall–Kier alpha value is -2.44. The first kappa shape index (κ1) is 17.9. The second kappa shape index (κ2) is 8.06. The van der Waals surface area contributed by atoms with Gasteiger partial charge < -0.3 is 10.2 Å². The Balaban J connectivity index is 1.51. The zero-order valence-corrected chi connectivity index (χ0v) is 16.0. The Labute approximate surface area is 159 Å². The molecule has 144 valence electrons. The van der Waals surface area contributed by atoms with Gasteiger partial charge in [-0.2, -0.15) is 5.10 Å². The van der Waals surface area contributed by atoms with Gasteiger partial charge in [-0.3, -0.25) is 4.79 Å². The van der Waals surface area contributed by atoms with E-state index in [9.17, 15) is 4.79 Å². The quantitative estimate of drug-likeness (QED) is 0.835. The Kier molecular flexibility index (Phi) is 5.36. The molecule has 0 aromatic carbocycles. The van der Waals surface area contributed by atoms with E-state index in [2.05, 4.69) is 25.3 Å². The van der Waals surface area contributed by atoms with Crippen molar-refractivity contribution in [2.24, 2.45) is 7.05 Å². The van der Waals surface area contributed by atoms with E-state index in [-0.39, 0.29) is 5.56 Å². The van der Waals surface area contributed by atoms with Crippen molar-refractivity contribution in [3.63, 3.8) is 0 Å². The number of piperidine rings is 1. The monoisotopic (exact) mass is 368 g/mol. The normalized spacial score (nSPS) is 20.0. The number of nitrogens with zero attached hydrogens (tertiary/aromatic N) is 5. The lowest BCUT2D eigenvalue weighted by Gasteiger charge is -2.37. The van der Waals surface area contributed by atoms with Crippen LogP contribution in [0.1, 0.15) is 49.8 Å². The van der Waals surface area contributed by atoms with Crippen LogP contribution >= 0.6 is 0 Å². The van der Waals surface area contributed by atoms with Gasteiger partial charge in [0, 0.05) is 43.5 Å². The van der Waals surface area contributed by atoms with Crippen LogP contribution in [0.5, 0.6) is 0 Å². The standard InChI is InChI=1S/C20H28N6O/c1-25-19(27)11-10-18(24-25)26-12-6-5-7-15(26)13-21-20-16-8-3-2-4-9-17(16)22-14-23-20/h10-11,14-15H,2-9,12-13H2,1H3,(H,21,22,23). The summed E-state index contributed by atoms with van der Waals surface area (Å²) < 4.78 is 1.42. The number of hydrogen-bond acceptors (Lipinski definition) is 6. The van der Waals surface area contributed by atoms with Crippen LogP contribution in [0.3, 0.4) is 0 Å². The summed E-state index contributed by atoms with van der Waals surface area (Å²) in [5, 5.41) is 8.07. The van der Waals surface area contributed by atoms with Crippen molar-refractivity contribution in [2.45, 2.75) is 57.4 Å². The van der Waals surface area contributed by atoms with Crippen LogP contribution in [0.25, 0.3) is 0 Å². The third kappa shape index (κ3) is 3.96. The first-order valence-corrected chi connectivity index (χ1v) is 10.1. The van der Waals surface area contributed by atoms with Crippen LogP contribution in [0, 0.1) is 0 Å². The maximum absolute atomic E-state index is 11.7. The molecule has 1 aliphatic heterocycles. The lowest BCUT2D eigenvalue weighted by molar-refractivity contribution is 0.464. The number of hydrogen-bond donors (Lipinski definition) is 1. The summed E-state index contributed by atoms with van der Waals surface area (Å²) in [5.74, 6) is 1.88. The lowest BCUT2D eigenvalue weighted by Crippen LogP contribution is -2.45. The van der Waals surface area contributed by atoms with Crippen molar-refractivity contribution in [1.29, 1.82) is 0 Å². The number of nitrogens with one attached hydrogen (secondary N) is 1. The van der Waals surface area contributed by atoms with Crippen LogP contribution in [0.2, 0.25) is 0 Å². The van der Waals surface area contributed by atoms with Crippen molar-refractivity contribution >= 4 is 11.6 Å². The van der Waals surface area contributed by atoms with Gasteiger partial charge in [-0.05, 0) is 51.0 Å². The van der Waals surface area contributed by atoms with E-state index >= 15 is 0 Å². The molecule has 2 aromatic rings. The van der Waals surface area contributed by atoms with Gasteiger partial charge in [0.05, 0.1) is 0 Å². The van der Waals surface area contributed by atoms with Crippen molar-refractivity contribution in [1.82, 2.24) is 19.7 Å². The molecule has 4 rings (SSSR count). The minimum atomic E-state index is -0.0749. The Morgan fingerprint density at radius 1 is 1.11 bits per heavy atom. The first-order chi connectivity index (χ1) is 13.2. The fourth-order valence-corrected chi connectivity index (χ4v) is 4.22. The fraction of sp³-hybridized carbons (Fsp3) is 0.600. The zero-order valence-electron chi connectivity index (χ0n) is 16.0. The van der Waals surface area contributed by atoms with Gasteiger partial charge in [0.25, 0.3) is 5.56 Å². The molecule has 0 amide bonds. The summed E-state index contributed by atoms with van der Waals surface area (Å²) in [4.78, 5) is 23.0. The predicted octanol–water partition coefficient (Wildman–Crippen LogP) is 2.31. The second-order valence-electron chi connectivity index (χ2n) is 7.59. The number of rotatable bonds is 4. The van der Waals surface area contributed by atoms with Gasteiger partial charge in [0.1, 0.15) is 18.0 Å². The maximum atomic E-state index is 11.7. The predicted molar refractivity (Wildman–Crippen MR) is 106 cm³/mol. The molecular formula is C20H28N6O. The second-order valence-corrected chi connectivity index (χ2v) is 7.59. The number of aryl methyl sites for hydroxylation is 2. The highest BCUT2D eigenvalue weighted by molar-refractivity contribution is 5.47. The molecule has 7 heteroatoms. The molecule has 1 saturated heterocycles. The molecule has 0 bridgehead atoms. The number of aromatic nitrogens is 4. The van der Waals surface area contributed by atoms with E-state index in [1.165, 1.54) is 41.6 Å². The van der Waals surface area contributed by atoms with E-state index in [0.29, 0.717) is 6.04 Å². The van der Waals surface area contributed by atoms with Crippen LogP contribution in [-0.2, 0) is 19.9 Å². The van der Waals surface area contributed by atoms with Crippen molar-refractivity contribution < 1.29 is 0 Å². The molecule has 2 aliphatic rings. The van der Waals surface area contributed by atoms with E-state index in [4.69, 9.17) is 0 Å². The fourth-order valence-electron chi connectivity index (χ4n) is 4.22. The highest BCUT2D eigenvalue weighted by atomic mass is 16.1. The third-order valence-corrected chi connectivity index (χ3v) is 5.75. The van der Waals surface area contributed by atoms with Crippen molar-refractivity contribution in [2.75, 3.05) is 23.3 Å². The molecule has 1 unspecified atom stereocenters. The van der Waals surface area contributed by atoms with Crippen LogP contribution < -0.4 is 15.8 Å². The molecule has 1 atom stereocenters. The molecule has 1 aliphatic carbocycles. The summed E-state index contributed by atoms with van der Waals surface area (Å²) in [6.07, 6.45) is 11.0. The molecule has 0 saturated carbocycles. The van der Waals surface area contributed by atoms with Gasteiger partial charge in [0.2, 0.25) is 0 Å². The average molecular weight is 368 g/mol. The zero-order chi connectivity index (χ0) is 18.6. The highest BCUT2D eigenvalue weighted by Gasteiger charge is 2.24. The van der Waals surface area contributed by atoms with Gasteiger partial charge in [0.15, 0.2) is 0 Å². The summed E-state index contributed by atoms with van der Waals surface area (Å²) in [6.45, 7) is 1.80. The van der Waals surface area contributed by atoms with Crippen molar-refractivity contribution in [3.05, 3.63) is 40.1 Å². The first-order valence-electron chi connectivity index (χ1n) is 10.1. The van der Waals surface area contributed by atoms with Crippen molar-refractivity contribution in [3.8, 4) is 0 Å². The van der Waals surface area contributed by atoms with Crippen LogP contribution in [0.15, 0.2) is 23.3 Å². The SMILES string of the molecule is Cn1nc(N2CCCCC2CNc2ncnc3c2CCCCC3)ccc1=O. The average Bonchev–Trinajstić information content (AvgIpc) is 2.95. The Morgan fingerprint density at radius 3 is 2.89 bits per heavy atom. The summed E-state index contributed by atoms with van der Waals surface area (Å²) in [6, 6.07) is 3.79. The Morgan fingerprint density at radius 2 is 2.00 bits per heavy atom. The number of fused-ring (bicyclic) bond motifs is 1. The van der Waals surface area contributed by atoms with E-state index in [0.717, 1.165) is 50.4 Å². The van der Waals surface area contributed by atoms with Gasteiger partial charge in [-0.1, -0.05) is 6.42 Å².